The number of nitrogens with two attached hydrogens (primary N) is 3. The van der Waals surface area contributed by atoms with Crippen molar-refractivity contribution >= 4 is 17.3 Å². The van der Waals surface area contributed by atoms with Crippen LogP contribution in [0.4, 0.5) is 0 Å². The highest BCUT2D eigenvalue weighted by molar-refractivity contribution is 6.20. The number of carbonyl (C=O) groups is 1. The Morgan fingerprint density at radius 2 is 2.12 bits per heavy atom. The topological polar surface area (TPSA) is 125 Å². The second-order valence-electron chi connectivity index (χ2n) is 5.58. The highest BCUT2D eigenvalue weighted by atomic mass is 16.1. The lowest BCUT2D eigenvalue weighted by atomic mass is 10.1. The first-order chi connectivity index (χ1) is 11.5. The minimum absolute atomic E-state index is 0.00506. The summed E-state index contributed by atoms with van der Waals surface area (Å²) in [5.41, 5.74) is 18.4. The Labute approximate surface area is 139 Å². The average molecular weight is 322 g/mol. The number of hydrogen-bond acceptors (Lipinski definition) is 4. The number of imidazole rings is 1. The van der Waals surface area contributed by atoms with Gasteiger partial charge >= 0.3 is 0 Å². The average Bonchev–Trinajstić information content (AvgIpc) is 3.31. The summed E-state index contributed by atoms with van der Waals surface area (Å²) in [7, 11) is 1.45. The Hall–Kier alpha value is -3.27. The fraction of sp³-hybridized carbons (Fsp3) is 0.235. The largest absolute Gasteiger partial charge is 0.391 e. The van der Waals surface area contributed by atoms with Crippen LogP contribution in [-0.4, -0.2) is 28.2 Å². The Balaban J connectivity index is 2.04. The zero-order valence-corrected chi connectivity index (χ0v) is 13.3. The number of carbonyl (C=O) groups excluding carboxylic acids is 1. The van der Waals surface area contributed by atoms with Crippen molar-refractivity contribution in [1.82, 2.24) is 9.38 Å². The van der Waals surface area contributed by atoms with Crippen molar-refractivity contribution < 1.29 is 4.79 Å². The molecule has 0 spiro atoms. The van der Waals surface area contributed by atoms with Gasteiger partial charge in [0, 0.05) is 19.2 Å². The van der Waals surface area contributed by atoms with Crippen LogP contribution in [0.1, 0.15) is 30.1 Å². The van der Waals surface area contributed by atoms with Crippen LogP contribution in [0.5, 0.6) is 0 Å². The maximum Gasteiger partial charge on any atom is 0.255 e. The molecular weight excluding hydrogens is 304 g/mol. The van der Waals surface area contributed by atoms with Crippen molar-refractivity contribution in [3.05, 3.63) is 47.2 Å². The predicted molar refractivity (Wildman–Crippen MR) is 92.0 cm³/mol. The number of amides is 1. The van der Waals surface area contributed by atoms with E-state index in [9.17, 15) is 4.79 Å². The van der Waals surface area contributed by atoms with Crippen LogP contribution in [-0.2, 0) is 4.79 Å². The molecule has 0 radical (unpaired) electrons. The number of pyridine rings is 1. The molecule has 7 nitrogen and oxygen atoms in total. The van der Waals surface area contributed by atoms with E-state index >= 15 is 0 Å². The molecule has 2 heterocycles. The molecule has 0 atom stereocenters. The number of hydrogen-bond donors (Lipinski definition) is 3. The van der Waals surface area contributed by atoms with Gasteiger partial charge in [0.15, 0.2) is 0 Å². The molecule has 0 unspecified atom stereocenters. The van der Waals surface area contributed by atoms with Crippen molar-refractivity contribution in [3.8, 4) is 11.8 Å². The van der Waals surface area contributed by atoms with Gasteiger partial charge in [-0.15, -0.1) is 0 Å². The van der Waals surface area contributed by atoms with E-state index in [0.29, 0.717) is 5.92 Å². The summed E-state index contributed by atoms with van der Waals surface area (Å²) < 4.78 is 2.04. The molecule has 6 N–H and O–H groups in total. The van der Waals surface area contributed by atoms with Gasteiger partial charge in [-0.25, -0.2) is 4.98 Å². The Morgan fingerprint density at radius 3 is 2.75 bits per heavy atom. The van der Waals surface area contributed by atoms with Crippen molar-refractivity contribution in [2.24, 2.45) is 22.2 Å². The highest BCUT2D eigenvalue weighted by Gasteiger charge is 2.27. The van der Waals surface area contributed by atoms with Crippen molar-refractivity contribution in [1.29, 1.82) is 0 Å². The molecule has 2 aromatic heterocycles. The lowest BCUT2D eigenvalue weighted by Crippen LogP contribution is -2.29. The van der Waals surface area contributed by atoms with Gasteiger partial charge in [-0.3, -0.25) is 9.79 Å². The molecular formula is C17H18N6O. The molecule has 2 aromatic rings. The molecule has 1 aliphatic rings. The first kappa shape index (κ1) is 15.6. The van der Waals surface area contributed by atoms with Gasteiger partial charge in [0.2, 0.25) is 0 Å². The quantitative estimate of drug-likeness (QED) is 0.324. The molecule has 0 aromatic carbocycles. The number of amidine groups is 1. The number of rotatable bonds is 3. The fourth-order valence-corrected chi connectivity index (χ4v) is 2.50. The van der Waals surface area contributed by atoms with Crippen LogP contribution >= 0.6 is 0 Å². The Kier molecular flexibility index (Phi) is 3.96. The van der Waals surface area contributed by atoms with Gasteiger partial charge in [0.05, 0.1) is 23.0 Å². The van der Waals surface area contributed by atoms with E-state index in [2.05, 4.69) is 21.8 Å². The summed E-state index contributed by atoms with van der Waals surface area (Å²) in [4.78, 5) is 19.7. The summed E-state index contributed by atoms with van der Waals surface area (Å²) in [6.45, 7) is 0. The highest BCUT2D eigenvalue weighted by Crippen LogP contribution is 2.39. The molecule has 7 heteroatoms. The number of nitrogens with zero attached hydrogens (tertiary/aromatic N) is 3. The van der Waals surface area contributed by atoms with E-state index in [-0.39, 0.29) is 17.1 Å². The maximum absolute atomic E-state index is 11.5. The molecule has 1 amide bonds. The summed E-state index contributed by atoms with van der Waals surface area (Å²) in [5, 5.41) is 0. The van der Waals surface area contributed by atoms with Gasteiger partial charge in [-0.1, -0.05) is 5.92 Å². The fourth-order valence-electron chi connectivity index (χ4n) is 2.50. The van der Waals surface area contributed by atoms with E-state index in [4.69, 9.17) is 17.2 Å². The number of aliphatic imine (C=N–C) groups is 1. The molecule has 1 fully saturated rings. The van der Waals surface area contributed by atoms with Gasteiger partial charge in [-0.2, -0.15) is 0 Å². The third-order valence-corrected chi connectivity index (χ3v) is 3.89. The maximum atomic E-state index is 11.5. The number of aromatic nitrogens is 2. The summed E-state index contributed by atoms with van der Waals surface area (Å²) in [6, 6.07) is 3.77. The molecule has 1 saturated carbocycles. The van der Waals surface area contributed by atoms with Crippen LogP contribution in [0.25, 0.3) is 5.52 Å². The van der Waals surface area contributed by atoms with Crippen LogP contribution in [0.15, 0.2) is 40.8 Å². The second-order valence-corrected chi connectivity index (χ2v) is 5.58. The van der Waals surface area contributed by atoms with Crippen molar-refractivity contribution in [2.45, 2.75) is 18.8 Å². The van der Waals surface area contributed by atoms with E-state index < -0.39 is 5.91 Å². The lowest BCUT2D eigenvalue weighted by Gasteiger charge is -2.03. The first-order valence-corrected chi connectivity index (χ1v) is 7.53. The van der Waals surface area contributed by atoms with E-state index in [1.807, 2.05) is 22.7 Å². The molecule has 1 aliphatic carbocycles. The summed E-state index contributed by atoms with van der Waals surface area (Å²) in [5.74, 6) is 6.50. The van der Waals surface area contributed by atoms with Gasteiger partial charge in [0.1, 0.15) is 17.2 Å². The number of allylic oxidation sites excluding steroid dienone is 1. The minimum Gasteiger partial charge on any atom is -0.391 e. The minimum atomic E-state index is -0.761. The van der Waals surface area contributed by atoms with Crippen LogP contribution in [0.3, 0.4) is 0 Å². The molecule has 0 aliphatic heterocycles. The first-order valence-electron chi connectivity index (χ1n) is 7.53. The SMILES string of the molecule is CN=C(N)/C(C(N)=O)=C(\N)C#Cc1cccn2c(C3CC3)ncc12. The Bertz CT molecular complexity index is 937. The normalized spacial score (nSPS) is 15.6. The number of primary amides is 1. The molecule has 3 rings (SSSR count). The molecule has 122 valence electrons. The molecule has 0 bridgehead atoms. The van der Waals surface area contributed by atoms with Crippen LogP contribution < -0.4 is 17.2 Å². The second kappa shape index (κ2) is 6.08. The smallest absolute Gasteiger partial charge is 0.255 e. The lowest BCUT2D eigenvalue weighted by molar-refractivity contribution is -0.114. The van der Waals surface area contributed by atoms with E-state index in [1.54, 1.807) is 6.20 Å². The predicted octanol–water partition coefficient (Wildman–Crippen LogP) is 0.248. The third-order valence-electron chi connectivity index (χ3n) is 3.89. The van der Waals surface area contributed by atoms with E-state index in [0.717, 1.165) is 16.9 Å². The van der Waals surface area contributed by atoms with Crippen molar-refractivity contribution in [2.75, 3.05) is 7.05 Å². The van der Waals surface area contributed by atoms with Gasteiger partial charge in [-0.05, 0) is 30.9 Å². The zero-order valence-electron chi connectivity index (χ0n) is 13.3. The third kappa shape index (κ3) is 2.82. The van der Waals surface area contributed by atoms with Crippen LogP contribution in [0.2, 0.25) is 0 Å². The zero-order chi connectivity index (χ0) is 17.3. The molecule has 0 saturated heterocycles. The number of fused-ring (bicyclic) bond motifs is 1. The van der Waals surface area contributed by atoms with Crippen LogP contribution in [0, 0.1) is 11.8 Å². The summed E-state index contributed by atoms with van der Waals surface area (Å²) in [6.07, 6.45) is 6.11. The summed E-state index contributed by atoms with van der Waals surface area (Å²) >= 11 is 0. The van der Waals surface area contributed by atoms with Crippen molar-refractivity contribution in [3.63, 3.8) is 0 Å². The van der Waals surface area contributed by atoms with Gasteiger partial charge in [0.25, 0.3) is 5.91 Å². The Morgan fingerprint density at radius 1 is 1.38 bits per heavy atom. The van der Waals surface area contributed by atoms with Gasteiger partial charge < -0.3 is 21.6 Å². The standard InChI is InChI=1S/C17H18N6O/c1-21-15(19)14(16(20)24)12(18)7-6-10-3-2-8-23-13(10)9-22-17(23)11-4-5-11/h2-3,8-9,11H,4-5,18H2,1H3,(H2,19,21)(H2,20,24)/b14-12+. The molecule has 24 heavy (non-hydrogen) atoms. The monoisotopic (exact) mass is 322 g/mol. The van der Waals surface area contributed by atoms with E-state index in [1.165, 1.54) is 19.9 Å².